The molecule has 0 bridgehead atoms. The number of hydrogen-bond acceptors (Lipinski definition) is 6. The van der Waals surface area contributed by atoms with E-state index in [1.807, 2.05) is 30.6 Å². The summed E-state index contributed by atoms with van der Waals surface area (Å²) in [6.45, 7) is 2.37. The van der Waals surface area contributed by atoms with Crippen LogP contribution in [0.1, 0.15) is 22.8 Å². The second kappa shape index (κ2) is 7.35. The highest BCUT2D eigenvalue weighted by Gasteiger charge is 2.14. The molecule has 0 unspecified atom stereocenters. The van der Waals surface area contributed by atoms with Crippen LogP contribution >= 0.6 is 11.3 Å². The zero-order chi connectivity index (χ0) is 16.9. The number of carbonyl (C=O) groups excluding carboxylic acids is 1. The Morgan fingerprint density at radius 1 is 1.33 bits per heavy atom. The highest BCUT2D eigenvalue weighted by Crippen LogP contribution is 2.19. The van der Waals surface area contributed by atoms with Gasteiger partial charge in [0.05, 0.1) is 17.7 Å². The van der Waals surface area contributed by atoms with E-state index in [4.69, 9.17) is 4.52 Å². The average Bonchev–Trinajstić information content (AvgIpc) is 3.22. The summed E-state index contributed by atoms with van der Waals surface area (Å²) in [5, 5.41) is 4.05. The molecule has 3 aromatic heterocycles. The largest absolute Gasteiger partial charge is 0.359 e. The van der Waals surface area contributed by atoms with Crippen LogP contribution < -0.4 is 0 Å². The van der Waals surface area contributed by atoms with Crippen molar-refractivity contribution in [1.29, 1.82) is 0 Å². The Kier molecular flexibility index (Phi) is 5.00. The predicted molar refractivity (Wildman–Crippen MR) is 91.4 cm³/mol. The first-order chi connectivity index (χ1) is 11.6. The third kappa shape index (κ3) is 3.86. The van der Waals surface area contributed by atoms with Crippen molar-refractivity contribution in [2.45, 2.75) is 26.3 Å². The molecule has 124 valence electrons. The Morgan fingerprint density at radius 2 is 2.12 bits per heavy atom. The summed E-state index contributed by atoms with van der Waals surface area (Å²) in [6.07, 6.45) is 4.60. The summed E-state index contributed by atoms with van der Waals surface area (Å²) in [6, 6.07) is 5.59. The Labute approximate surface area is 144 Å². The van der Waals surface area contributed by atoms with E-state index in [2.05, 4.69) is 15.1 Å². The topological polar surface area (TPSA) is 72.1 Å². The van der Waals surface area contributed by atoms with Gasteiger partial charge in [-0.2, -0.15) is 0 Å². The summed E-state index contributed by atoms with van der Waals surface area (Å²) in [4.78, 5) is 23.3. The fraction of sp³-hybridized carbons (Fsp3) is 0.294. The second-order valence-corrected chi connectivity index (χ2v) is 6.46. The monoisotopic (exact) mass is 342 g/mol. The number of thiazole rings is 1. The lowest BCUT2D eigenvalue weighted by Crippen LogP contribution is -2.26. The van der Waals surface area contributed by atoms with Gasteiger partial charge in [-0.3, -0.25) is 9.78 Å². The number of aromatic nitrogens is 3. The van der Waals surface area contributed by atoms with Crippen molar-refractivity contribution < 1.29 is 9.32 Å². The van der Waals surface area contributed by atoms with Crippen LogP contribution in [-0.4, -0.2) is 33.0 Å². The van der Waals surface area contributed by atoms with Crippen LogP contribution in [0.25, 0.3) is 11.3 Å². The van der Waals surface area contributed by atoms with Gasteiger partial charge < -0.3 is 9.42 Å². The molecule has 1 amide bonds. The van der Waals surface area contributed by atoms with Crippen LogP contribution in [0.15, 0.2) is 40.6 Å². The van der Waals surface area contributed by atoms with Crippen molar-refractivity contribution in [2.24, 2.45) is 0 Å². The first-order valence-corrected chi connectivity index (χ1v) is 8.50. The SMILES string of the molecule is Cc1ncsc1CCC(=O)N(C)Cc1cc(-c2ccncc2)no1. The summed E-state index contributed by atoms with van der Waals surface area (Å²) < 4.78 is 5.34. The Bertz CT molecular complexity index is 813. The van der Waals surface area contributed by atoms with Gasteiger partial charge in [-0.05, 0) is 25.5 Å². The number of pyridine rings is 1. The van der Waals surface area contributed by atoms with Gasteiger partial charge in [0.1, 0.15) is 5.69 Å². The van der Waals surface area contributed by atoms with Crippen molar-refractivity contribution in [2.75, 3.05) is 7.05 Å². The summed E-state index contributed by atoms with van der Waals surface area (Å²) in [5.74, 6) is 0.733. The molecule has 0 atom stereocenters. The predicted octanol–water partition coefficient (Wildman–Crippen LogP) is 3.09. The number of carbonyl (C=O) groups is 1. The molecule has 6 nitrogen and oxygen atoms in total. The maximum atomic E-state index is 12.3. The number of hydrogen-bond donors (Lipinski definition) is 0. The third-order valence-corrected chi connectivity index (χ3v) is 4.76. The van der Waals surface area contributed by atoms with Crippen LogP contribution in [0, 0.1) is 6.92 Å². The Balaban J connectivity index is 1.56. The molecule has 3 heterocycles. The molecule has 0 spiro atoms. The molecular formula is C17H18N4O2S. The lowest BCUT2D eigenvalue weighted by atomic mass is 10.2. The van der Waals surface area contributed by atoms with E-state index in [-0.39, 0.29) is 5.91 Å². The van der Waals surface area contributed by atoms with E-state index in [0.717, 1.165) is 28.2 Å². The van der Waals surface area contributed by atoms with Crippen molar-refractivity contribution in [3.8, 4) is 11.3 Å². The van der Waals surface area contributed by atoms with Gasteiger partial charge >= 0.3 is 0 Å². The number of aryl methyl sites for hydroxylation is 2. The molecule has 3 rings (SSSR count). The highest BCUT2D eigenvalue weighted by molar-refractivity contribution is 7.09. The first kappa shape index (κ1) is 16.3. The van der Waals surface area contributed by atoms with Crippen molar-refractivity contribution in [1.82, 2.24) is 20.0 Å². The van der Waals surface area contributed by atoms with E-state index < -0.39 is 0 Å². The molecule has 0 aliphatic heterocycles. The maximum absolute atomic E-state index is 12.3. The van der Waals surface area contributed by atoms with Crippen molar-refractivity contribution >= 4 is 17.2 Å². The van der Waals surface area contributed by atoms with E-state index >= 15 is 0 Å². The number of nitrogens with zero attached hydrogens (tertiary/aromatic N) is 4. The van der Waals surface area contributed by atoms with Gasteiger partial charge in [0.2, 0.25) is 5.91 Å². The summed E-state index contributed by atoms with van der Waals surface area (Å²) >= 11 is 1.59. The third-order valence-electron chi connectivity index (χ3n) is 3.76. The van der Waals surface area contributed by atoms with Crippen LogP contribution in [0.5, 0.6) is 0 Å². The molecule has 0 radical (unpaired) electrons. The quantitative estimate of drug-likeness (QED) is 0.688. The van der Waals surface area contributed by atoms with E-state index in [1.54, 1.807) is 35.7 Å². The fourth-order valence-electron chi connectivity index (χ4n) is 2.35. The molecule has 0 aliphatic rings. The van der Waals surface area contributed by atoms with Gasteiger partial charge in [0, 0.05) is 42.4 Å². The minimum atomic E-state index is 0.0738. The highest BCUT2D eigenvalue weighted by atomic mass is 32.1. The summed E-state index contributed by atoms with van der Waals surface area (Å²) in [7, 11) is 1.77. The molecule has 0 aromatic carbocycles. The smallest absolute Gasteiger partial charge is 0.223 e. The molecular weight excluding hydrogens is 324 g/mol. The van der Waals surface area contributed by atoms with Gasteiger partial charge in [-0.15, -0.1) is 11.3 Å². The van der Waals surface area contributed by atoms with Crippen molar-refractivity contribution in [3.63, 3.8) is 0 Å². The zero-order valence-corrected chi connectivity index (χ0v) is 14.4. The lowest BCUT2D eigenvalue weighted by Gasteiger charge is -2.14. The standard InChI is InChI=1S/C17H18N4O2S/c1-12-16(24-11-19-12)3-4-17(22)21(2)10-14-9-15(20-23-14)13-5-7-18-8-6-13/h5-9,11H,3-4,10H2,1-2H3. The minimum absolute atomic E-state index is 0.0738. The zero-order valence-electron chi connectivity index (χ0n) is 13.6. The Morgan fingerprint density at radius 3 is 2.83 bits per heavy atom. The molecule has 0 fully saturated rings. The normalized spacial score (nSPS) is 10.8. The fourth-order valence-corrected chi connectivity index (χ4v) is 3.13. The average molecular weight is 342 g/mol. The second-order valence-electron chi connectivity index (χ2n) is 5.53. The van der Waals surface area contributed by atoms with Crippen LogP contribution in [0.2, 0.25) is 0 Å². The maximum Gasteiger partial charge on any atom is 0.223 e. The molecule has 24 heavy (non-hydrogen) atoms. The van der Waals surface area contributed by atoms with Crippen LogP contribution in [0.3, 0.4) is 0 Å². The first-order valence-electron chi connectivity index (χ1n) is 7.62. The molecule has 0 N–H and O–H groups in total. The molecule has 0 aliphatic carbocycles. The molecule has 0 saturated heterocycles. The molecule has 0 saturated carbocycles. The van der Waals surface area contributed by atoms with Crippen molar-refractivity contribution in [3.05, 3.63) is 52.4 Å². The van der Waals surface area contributed by atoms with Gasteiger partial charge in [0.15, 0.2) is 5.76 Å². The van der Waals surface area contributed by atoms with Gasteiger partial charge in [-0.25, -0.2) is 4.98 Å². The Hall–Kier alpha value is -2.54. The van der Waals surface area contributed by atoms with E-state index in [9.17, 15) is 4.79 Å². The molecule has 3 aromatic rings. The minimum Gasteiger partial charge on any atom is -0.359 e. The lowest BCUT2D eigenvalue weighted by molar-refractivity contribution is -0.130. The van der Waals surface area contributed by atoms with Crippen LogP contribution in [-0.2, 0) is 17.8 Å². The van der Waals surface area contributed by atoms with E-state index in [0.29, 0.717) is 18.7 Å². The summed E-state index contributed by atoms with van der Waals surface area (Å²) in [5.41, 5.74) is 4.50. The van der Waals surface area contributed by atoms with Gasteiger partial charge in [-0.1, -0.05) is 5.16 Å². The number of amides is 1. The van der Waals surface area contributed by atoms with Crippen LogP contribution in [0.4, 0.5) is 0 Å². The molecule has 7 heteroatoms. The van der Waals surface area contributed by atoms with Gasteiger partial charge in [0.25, 0.3) is 0 Å². The number of rotatable bonds is 6. The van der Waals surface area contributed by atoms with E-state index in [1.165, 1.54) is 0 Å².